The molecule has 29 heavy (non-hydrogen) atoms. The Kier molecular flexibility index (Phi) is 8.21. The fourth-order valence-electron chi connectivity index (χ4n) is 2.64. The van der Waals surface area contributed by atoms with Gasteiger partial charge in [-0.1, -0.05) is 18.2 Å². The highest BCUT2D eigenvalue weighted by Gasteiger charge is 2.12. The number of carbonyl (C=O) groups excluding carboxylic acids is 1. The first kappa shape index (κ1) is 21.9. The summed E-state index contributed by atoms with van der Waals surface area (Å²) >= 11 is 0. The Balaban J connectivity index is 2.26. The summed E-state index contributed by atoms with van der Waals surface area (Å²) in [7, 11) is 6.24. The summed E-state index contributed by atoms with van der Waals surface area (Å²) in [5.74, 6) is 2.21. The molecule has 0 aliphatic carbocycles. The monoisotopic (exact) mass is 402 g/mol. The molecular weight excluding hydrogens is 376 g/mol. The van der Waals surface area contributed by atoms with Gasteiger partial charge >= 0.3 is 5.97 Å². The lowest BCUT2D eigenvalue weighted by molar-refractivity contribution is -0.145. The molecule has 0 saturated heterocycles. The molecule has 0 atom stereocenters. The van der Waals surface area contributed by atoms with Crippen LogP contribution in [0.1, 0.15) is 18.1 Å². The standard InChI is InChI=1S/C22H26O7/c1-6-28-21(23)14-29-18-11-15(9-10-17(18)24-2)7-8-16-12-19(25-3)22(27-5)20(13-16)26-4/h7-13H,6,14H2,1-5H3/b8-7-. The van der Waals surface area contributed by atoms with Crippen LogP contribution in [0.3, 0.4) is 0 Å². The van der Waals surface area contributed by atoms with Gasteiger partial charge in [0.05, 0.1) is 35.0 Å². The van der Waals surface area contributed by atoms with Crippen molar-refractivity contribution in [3.05, 3.63) is 41.5 Å². The van der Waals surface area contributed by atoms with Crippen LogP contribution in [-0.2, 0) is 9.53 Å². The average Bonchev–Trinajstić information content (AvgIpc) is 2.75. The zero-order chi connectivity index (χ0) is 21.2. The van der Waals surface area contributed by atoms with E-state index in [9.17, 15) is 4.79 Å². The van der Waals surface area contributed by atoms with E-state index in [4.69, 9.17) is 28.4 Å². The maximum Gasteiger partial charge on any atom is 0.344 e. The summed E-state index contributed by atoms with van der Waals surface area (Å²) in [6.45, 7) is 1.86. The van der Waals surface area contributed by atoms with Crippen LogP contribution >= 0.6 is 0 Å². The molecule has 0 aromatic heterocycles. The number of rotatable bonds is 10. The molecule has 0 unspecified atom stereocenters. The quantitative estimate of drug-likeness (QED) is 0.442. The second-order valence-electron chi connectivity index (χ2n) is 5.80. The third-order valence-corrected chi connectivity index (χ3v) is 3.99. The van der Waals surface area contributed by atoms with E-state index in [0.29, 0.717) is 35.4 Å². The number of ether oxygens (including phenoxy) is 6. The van der Waals surface area contributed by atoms with E-state index in [0.717, 1.165) is 11.1 Å². The van der Waals surface area contributed by atoms with Gasteiger partial charge in [-0.3, -0.25) is 0 Å². The van der Waals surface area contributed by atoms with Crippen molar-refractivity contribution in [3.63, 3.8) is 0 Å². The minimum absolute atomic E-state index is 0.190. The molecule has 0 amide bonds. The smallest absolute Gasteiger partial charge is 0.344 e. The number of carbonyl (C=O) groups is 1. The topological polar surface area (TPSA) is 72.5 Å². The van der Waals surface area contributed by atoms with Crippen molar-refractivity contribution in [1.82, 2.24) is 0 Å². The number of benzene rings is 2. The summed E-state index contributed by atoms with van der Waals surface area (Å²) in [4.78, 5) is 11.5. The van der Waals surface area contributed by atoms with E-state index >= 15 is 0 Å². The van der Waals surface area contributed by atoms with Gasteiger partial charge in [-0.2, -0.15) is 0 Å². The highest BCUT2D eigenvalue weighted by Crippen LogP contribution is 2.38. The van der Waals surface area contributed by atoms with Crippen LogP contribution in [-0.4, -0.2) is 47.6 Å². The maximum atomic E-state index is 11.5. The first-order chi connectivity index (χ1) is 14.1. The Morgan fingerprint density at radius 3 is 1.93 bits per heavy atom. The Morgan fingerprint density at radius 2 is 1.38 bits per heavy atom. The predicted molar refractivity (Wildman–Crippen MR) is 110 cm³/mol. The van der Waals surface area contributed by atoms with Crippen LogP contribution < -0.4 is 23.7 Å². The van der Waals surface area contributed by atoms with Crippen LogP contribution in [0.4, 0.5) is 0 Å². The second-order valence-corrected chi connectivity index (χ2v) is 5.80. The first-order valence-electron chi connectivity index (χ1n) is 9.00. The van der Waals surface area contributed by atoms with Gasteiger partial charge < -0.3 is 28.4 Å². The predicted octanol–water partition coefficient (Wildman–Crippen LogP) is 3.83. The summed E-state index contributed by atoms with van der Waals surface area (Å²) in [6, 6.07) is 9.13. The number of methoxy groups -OCH3 is 4. The fourth-order valence-corrected chi connectivity index (χ4v) is 2.64. The van der Waals surface area contributed by atoms with Gasteiger partial charge in [0, 0.05) is 0 Å². The molecule has 0 radical (unpaired) electrons. The minimum atomic E-state index is -0.437. The molecule has 0 aliphatic rings. The van der Waals surface area contributed by atoms with E-state index in [1.807, 2.05) is 30.4 Å². The van der Waals surface area contributed by atoms with Crippen LogP contribution in [0.15, 0.2) is 30.3 Å². The lowest BCUT2D eigenvalue weighted by Gasteiger charge is -2.13. The van der Waals surface area contributed by atoms with E-state index in [1.165, 1.54) is 7.11 Å². The lowest BCUT2D eigenvalue weighted by atomic mass is 10.1. The van der Waals surface area contributed by atoms with Crippen LogP contribution in [0.2, 0.25) is 0 Å². The zero-order valence-corrected chi connectivity index (χ0v) is 17.3. The van der Waals surface area contributed by atoms with Crippen molar-refractivity contribution >= 4 is 18.1 Å². The third-order valence-electron chi connectivity index (χ3n) is 3.99. The van der Waals surface area contributed by atoms with Crippen LogP contribution in [0, 0.1) is 0 Å². The Labute approximate surface area is 170 Å². The summed E-state index contributed by atoms with van der Waals surface area (Å²) in [6.07, 6.45) is 3.80. The molecule has 0 saturated carbocycles. The molecule has 2 aromatic rings. The van der Waals surface area contributed by atoms with Gasteiger partial charge in [0.1, 0.15) is 0 Å². The Morgan fingerprint density at radius 1 is 0.793 bits per heavy atom. The van der Waals surface area contributed by atoms with E-state index < -0.39 is 5.97 Å². The zero-order valence-electron chi connectivity index (χ0n) is 17.3. The molecule has 0 fully saturated rings. The van der Waals surface area contributed by atoms with E-state index in [-0.39, 0.29) is 6.61 Å². The summed E-state index contributed by atoms with van der Waals surface area (Å²) in [5, 5.41) is 0. The van der Waals surface area contributed by atoms with Gasteiger partial charge in [-0.15, -0.1) is 0 Å². The van der Waals surface area contributed by atoms with Crippen molar-refractivity contribution in [2.45, 2.75) is 6.92 Å². The molecule has 156 valence electrons. The largest absolute Gasteiger partial charge is 0.493 e. The van der Waals surface area contributed by atoms with Crippen molar-refractivity contribution in [1.29, 1.82) is 0 Å². The van der Waals surface area contributed by atoms with Gasteiger partial charge in [0.15, 0.2) is 29.6 Å². The SMILES string of the molecule is CCOC(=O)COc1cc(/C=C\c2cc(OC)c(OC)c(OC)c2)ccc1OC. The van der Waals surface area contributed by atoms with Gasteiger partial charge in [-0.25, -0.2) is 4.79 Å². The number of esters is 1. The highest BCUT2D eigenvalue weighted by molar-refractivity contribution is 5.74. The second kappa shape index (κ2) is 10.8. The van der Waals surface area contributed by atoms with Crippen molar-refractivity contribution < 1.29 is 33.2 Å². The molecule has 7 nitrogen and oxygen atoms in total. The van der Waals surface area contributed by atoms with Crippen molar-refractivity contribution in [3.8, 4) is 28.7 Å². The first-order valence-corrected chi connectivity index (χ1v) is 9.00. The molecule has 0 aliphatic heterocycles. The minimum Gasteiger partial charge on any atom is -0.493 e. The highest BCUT2D eigenvalue weighted by atomic mass is 16.6. The van der Waals surface area contributed by atoms with Gasteiger partial charge in [0.25, 0.3) is 0 Å². The average molecular weight is 402 g/mol. The molecule has 2 rings (SSSR count). The number of hydrogen-bond acceptors (Lipinski definition) is 7. The molecular formula is C22H26O7. The van der Waals surface area contributed by atoms with Crippen LogP contribution in [0.5, 0.6) is 28.7 Å². The van der Waals surface area contributed by atoms with Crippen molar-refractivity contribution in [2.75, 3.05) is 41.7 Å². The van der Waals surface area contributed by atoms with Gasteiger partial charge in [0.2, 0.25) is 5.75 Å². The summed E-state index contributed by atoms with van der Waals surface area (Å²) < 4.78 is 31.8. The molecule has 2 aromatic carbocycles. The van der Waals surface area contributed by atoms with Crippen LogP contribution in [0.25, 0.3) is 12.2 Å². The fraction of sp³-hybridized carbons (Fsp3) is 0.318. The Bertz CT molecular complexity index is 833. The van der Waals surface area contributed by atoms with E-state index in [2.05, 4.69) is 0 Å². The normalized spacial score (nSPS) is 10.5. The third kappa shape index (κ3) is 5.81. The molecule has 0 heterocycles. The molecule has 7 heteroatoms. The van der Waals surface area contributed by atoms with Crippen molar-refractivity contribution in [2.24, 2.45) is 0 Å². The lowest BCUT2D eigenvalue weighted by Crippen LogP contribution is -2.14. The molecule has 0 spiro atoms. The van der Waals surface area contributed by atoms with Gasteiger partial charge in [-0.05, 0) is 42.3 Å². The van der Waals surface area contributed by atoms with E-state index in [1.54, 1.807) is 40.4 Å². The Hall–Kier alpha value is -3.35. The molecule has 0 bridgehead atoms. The summed E-state index contributed by atoms with van der Waals surface area (Å²) in [5.41, 5.74) is 1.72. The molecule has 0 N–H and O–H groups in total. The maximum absolute atomic E-state index is 11.5. The number of hydrogen-bond donors (Lipinski definition) is 0.